The molecule has 160 valence electrons. The Bertz CT molecular complexity index is 1010. The van der Waals surface area contributed by atoms with Gasteiger partial charge < -0.3 is 19.5 Å². The minimum absolute atomic E-state index is 0.0518. The fourth-order valence-corrected chi connectivity index (χ4v) is 5.08. The van der Waals surface area contributed by atoms with E-state index in [1.165, 1.54) is 6.07 Å². The largest absolute Gasteiger partial charge is 0.364 e. The van der Waals surface area contributed by atoms with E-state index in [0.717, 1.165) is 0 Å². The van der Waals surface area contributed by atoms with Gasteiger partial charge in [0.2, 0.25) is 12.0 Å². The van der Waals surface area contributed by atoms with Gasteiger partial charge in [-0.1, -0.05) is 45.2 Å². The lowest BCUT2D eigenvalue weighted by molar-refractivity contribution is -0.415. The maximum Gasteiger partial charge on any atom is 0.227 e. The highest BCUT2D eigenvalue weighted by Gasteiger charge is 2.54. The molecule has 0 spiro atoms. The van der Waals surface area contributed by atoms with Crippen LogP contribution in [0, 0.1) is 5.82 Å². The second-order valence-corrected chi connectivity index (χ2v) is 9.62. The Labute approximate surface area is 192 Å². The molecule has 30 heavy (non-hydrogen) atoms. The van der Waals surface area contributed by atoms with Crippen LogP contribution >= 0.6 is 39.1 Å². The SMILES string of the molecule is CC1OC(C2(O)CN(c3ccc(Br)cc3F)C(C(C)(C)c3c(Cl)cccc3Cl)=N2)O1. The van der Waals surface area contributed by atoms with Crippen molar-refractivity contribution in [2.75, 3.05) is 11.4 Å². The average Bonchev–Trinajstić information content (AvgIpc) is 2.98. The molecule has 0 saturated carbocycles. The molecular weight excluding hydrogens is 498 g/mol. The van der Waals surface area contributed by atoms with Gasteiger partial charge in [-0.2, -0.15) is 0 Å². The number of aliphatic imine (C=N–C) groups is 1. The molecule has 2 aromatic carbocycles. The molecule has 2 aliphatic rings. The van der Waals surface area contributed by atoms with Crippen molar-refractivity contribution in [1.29, 1.82) is 0 Å². The summed E-state index contributed by atoms with van der Waals surface area (Å²) < 4.78 is 26.5. The van der Waals surface area contributed by atoms with Crippen molar-refractivity contribution in [2.45, 2.75) is 44.5 Å². The molecule has 5 nitrogen and oxygen atoms in total. The van der Waals surface area contributed by atoms with Crippen molar-refractivity contribution in [3.05, 3.63) is 62.3 Å². The number of anilines is 1. The van der Waals surface area contributed by atoms with Crippen LogP contribution in [0.1, 0.15) is 26.3 Å². The Kier molecular flexibility index (Phi) is 5.66. The van der Waals surface area contributed by atoms with Crippen molar-refractivity contribution in [2.24, 2.45) is 4.99 Å². The van der Waals surface area contributed by atoms with Crippen LogP contribution in [0.5, 0.6) is 0 Å². The van der Waals surface area contributed by atoms with E-state index in [4.69, 9.17) is 32.7 Å². The second kappa shape index (κ2) is 7.73. The minimum Gasteiger partial charge on any atom is -0.364 e. The molecule has 0 radical (unpaired) electrons. The highest BCUT2D eigenvalue weighted by atomic mass is 79.9. The molecule has 2 aliphatic heterocycles. The lowest BCUT2D eigenvalue weighted by atomic mass is 9.82. The Morgan fingerprint density at radius 3 is 2.43 bits per heavy atom. The fourth-order valence-electron chi connectivity index (χ4n) is 3.87. The van der Waals surface area contributed by atoms with Crippen LogP contribution in [-0.4, -0.2) is 35.8 Å². The summed E-state index contributed by atoms with van der Waals surface area (Å²) in [4.78, 5) is 6.20. The van der Waals surface area contributed by atoms with Gasteiger partial charge in [0.15, 0.2) is 6.29 Å². The smallest absolute Gasteiger partial charge is 0.227 e. The molecule has 1 fully saturated rings. The molecule has 1 unspecified atom stereocenters. The van der Waals surface area contributed by atoms with Gasteiger partial charge in [0.05, 0.1) is 17.6 Å². The molecule has 1 saturated heterocycles. The fraction of sp³-hybridized carbons (Fsp3) is 0.381. The van der Waals surface area contributed by atoms with Gasteiger partial charge in [0.1, 0.15) is 11.7 Å². The quantitative estimate of drug-likeness (QED) is 0.582. The summed E-state index contributed by atoms with van der Waals surface area (Å²) in [5, 5.41) is 12.1. The van der Waals surface area contributed by atoms with E-state index in [2.05, 4.69) is 20.9 Å². The van der Waals surface area contributed by atoms with Crippen LogP contribution in [0.15, 0.2) is 45.9 Å². The Morgan fingerprint density at radius 1 is 1.23 bits per heavy atom. The van der Waals surface area contributed by atoms with Gasteiger partial charge in [0, 0.05) is 20.1 Å². The number of nitrogens with zero attached hydrogens (tertiary/aromatic N) is 2. The molecule has 2 heterocycles. The van der Waals surface area contributed by atoms with Crippen LogP contribution < -0.4 is 4.90 Å². The van der Waals surface area contributed by atoms with Gasteiger partial charge in [-0.25, -0.2) is 9.38 Å². The van der Waals surface area contributed by atoms with Crippen molar-refractivity contribution in [1.82, 2.24) is 0 Å². The summed E-state index contributed by atoms with van der Waals surface area (Å²) in [6.45, 7) is 5.42. The first-order chi connectivity index (χ1) is 14.0. The molecular formula is C21H20BrCl2FN2O3. The number of hydrogen-bond acceptors (Lipinski definition) is 5. The molecule has 2 aromatic rings. The summed E-state index contributed by atoms with van der Waals surface area (Å²) in [5.74, 6) is -0.0702. The minimum atomic E-state index is -1.72. The predicted molar refractivity (Wildman–Crippen MR) is 119 cm³/mol. The zero-order chi connectivity index (χ0) is 21.8. The number of rotatable bonds is 4. The second-order valence-electron chi connectivity index (χ2n) is 7.89. The maximum atomic E-state index is 14.9. The summed E-state index contributed by atoms with van der Waals surface area (Å²) in [7, 11) is 0. The van der Waals surface area contributed by atoms with E-state index in [1.807, 2.05) is 13.8 Å². The van der Waals surface area contributed by atoms with E-state index >= 15 is 0 Å². The number of benzene rings is 2. The number of β-amino-alcohol motifs (C(OH)–C–C–N with tert-alkyl or cyclic N) is 1. The van der Waals surface area contributed by atoms with Crippen molar-refractivity contribution in [3.63, 3.8) is 0 Å². The lowest BCUT2D eigenvalue weighted by Crippen LogP contribution is -2.56. The highest BCUT2D eigenvalue weighted by molar-refractivity contribution is 9.10. The number of ether oxygens (including phenoxy) is 2. The highest BCUT2D eigenvalue weighted by Crippen LogP contribution is 2.43. The van der Waals surface area contributed by atoms with Crippen LogP contribution in [0.3, 0.4) is 0 Å². The van der Waals surface area contributed by atoms with Crippen molar-refractivity contribution >= 4 is 50.7 Å². The van der Waals surface area contributed by atoms with E-state index in [9.17, 15) is 9.50 Å². The summed E-state index contributed by atoms with van der Waals surface area (Å²) in [6, 6.07) is 9.92. The van der Waals surface area contributed by atoms with Crippen LogP contribution in [0.4, 0.5) is 10.1 Å². The molecule has 0 aromatic heterocycles. The molecule has 1 atom stereocenters. The average molecular weight is 518 g/mol. The molecule has 1 N–H and O–H groups in total. The Hall–Kier alpha value is -1.22. The van der Waals surface area contributed by atoms with E-state index in [-0.39, 0.29) is 12.2 Å². The van der Waals surface area contributed by atoms with Crippen LogP contribution in [-0.2, 0) is 14.9 Å². The standard InChI is InChI=1S/C21H20BrCl2FN2O3/c1-11-29-19(30-11)21(28)10-27(16-8-7-12(22)9-15(16)25)18(26-21)20(2,3)17-13(23)5-4-6-14(17)24/h4-9,11,19,28H,10H2,1-3H3. The molecule has 0 aliphatic carbocycles. The van der Waals surface area contributed by atoms with E-state index in [0.29, 0.717) is 25.9 Å². The Balaban J connectivity index is 1.85. The third-order valence-corrected chi connectivity index (χ3v) is 6.42. The monoisotopic (exact) mass is 516 g/mol. The summed E-state index contributed by atoms with van der Waals surface area (Å²) in [5.41, 5.74) is -1.69. The Morgan fingerprint density at radius 2 is 1.87 bits per heavy atom. The molecule has 0 bridgehead atoms. The first-order valence-electron chi connectivity index (χ1n) is 9.33. The first kappa shape index (κ1) is 22.0. The molecule has 0 amide bonds. The molecule has 4 rings (SSSR count). The number of aliphatic hydroxyl groups is 1. The predicted octanol–water partition coefficient (Wildman–Crippen LogP) is 5.50. The van der Waals surface area contributed by atoms with Crippen molar-refractivity contribution < 1.29 is 19.0 Å². The number of hydrogen-bond donors (Lipinski definition) is 1. The lowest BCUT2D eigenvalue weighted by Gasteiger charge is -2.40. The van der Waals surface area contributed by atoms with Crippen LogP contribution in [0.2, 0.25) is 10.0 Å². The van der Waals surface area contributed by atoms with Gasteiger partial charge in [0.25, 0.3) is 0 Å². The van der Waals surface area contributed by atoms with Gasteiger partial charge in [-0.3, -0.25) is 0 Å². The summed E-state index contributed by atoms with van der Waals surface area (Å²) >= 11 is 16.2. The van der Waals surface area contributed by atoms with Gasteiger partial charge >= 0.3 is 0 Å². The van der Waals surface area contributed by atoms with Gasteiger partial charge in [-0.05, 0) is 51.1 Å². The summed E-state index contributed by atoms with van der Waals surface area (Å²) in [6.07, 6.45) is -1.40. The van der Waals surface area contributed by atoms with Gasteiger partial charge in [-0.15, -0.1) is 0 Å². The van der Waals surface area contributed by atoms with E-state index < -0.39 is 29.5 Å². The third-order valence-electron chi connectivity index (χ3n) is 5.30. The van der Waals surface area contributed by atoms with Crippen LogP contribution in [0.25, 0.3) is 0 Å². The first-order valence-corrected chi connectivity index (χ1v) is 10.9. The number of amidine groups is 1. The third kappa shape index (κ3) is 3.66. The zero-order valence-electron chi connectivity index (χ0n) is 16.5. The number of halogens is 4. The normalized spacial score (nSPS) is 26.5. The maximum absolute atomic E-state index is 14.9. The van der Waals surface area contributed by atoms with Crippen molar-refractivity contribution in [3.8, 4) is 0 Å². The topological polar surface area (TPSA) is 54.3 Å². The van der Waals surface area contributed by atoms with E-state index in [1.54, 1.807) is 42.2 Å². The zero-order valence-corrected chi connectivity index (χ0v) is 19.6. The molecule has 9 heteroatoms.